The maximum atomic E-state index is 13.6. The van der Waals surface area contributed by atoms with Gasteiger partial charge in [0, 0.05) is 46.0 Å². The lowest BCUT2D eigenvalue weighted by molar-refractivity contribution is 0.657. The molecule has 0 atom stereocenters. The van der Waals surface area contributed by atoms with Gasteiger partial charge in [0.15, 0.2) is 5.13 Å². The Labute approximate surface area is 198 Å². The Morgan fingerprint density at radius 1 is 0.971 bits per heavy atom. The summed E-state index contributed by atoms with van der Waals surface area (Å²) < 4.78 is 13.6. The second-order valence-corrected chi connectivity index (χ2v) is 9.40. The normalized spacial score (nSPS) is 11.6. The number of pyridine rings is 3. The summed E-state index contributed by atoms with van der Waals surface area (Å²) in [5, 5.41) is 11.7. The van der Waals surface area contributed by atoms with Crippen molar-refractivity contribution < 1.29 is 4.39 Å². The highest BCUT2D eigenvalue weighted by atomic mass is 32.1. The molecular weight excluding hydrogens is 449 g/mol. The zero-order valence-corrected chi connectivity index (χ0v) is 19.2. The number of nitrogens with one attached hydrogen (secondary N) is 3. The average Bonchev–Trinajstić information content (AvgIpc) is 3.55. The van der Waals surface area contributed by atoms with Crippen LogP contribution in [0, 0.1) is 5.13 Å². The van der Waals surface area contributed by atoms with Crippen LogP contribution in [0.2, 0.25) is 0 Å². The molecule has 6 rings (SSSR count). The molecule has 0 aliphatic rings. The third kappa shape index (κ3) is 3.60. The topological polar surface area (TPSA) is 95.2 Å². The highest BCUT2D eigenvalue weighted by molar-refractivity contribution is 7.14. The number of fused-ring (bicyclic) bond motifs is 2. The molecule has 0 aliphatic heterocycles. The molecule has 0 bridgehead atoms. The van der Waals surface area contributed by atoms with Gasteiger partial charge < -0.3 is 10.3 Å². The first-order chi connectivity index (χ1) is 16.5. The van der Waals surface area contributed by atoms with Crippen molar-refractivity contribution >= 4 is 39.0 Å². The summed E-state index contributed by atoms with van der Waals surface area (Å²) in [4.78, 5) is 17.8. The zero-order chi connectivity index (χ0) is 23.2. The Hall–Kier alpha value is -4.11. The zero-order valence-electron chi connectivity index (χ0n) is 18.4. The van der Waals surface area contributed by atoms with E-state index >= 15 is 0 Å². The van der Waals surface area contributed by atoms with E-state index in [1.54, 1.807) is 30.9 Å². The molecule has 0 aliphatic carbocycles. The van der Waals surface area contributed by atoms with Crippen LogP contribution in [0.25, 0.3) is 55.0 Å². The molecule has 0 fully saturated rings. The SMILES string of the molecule is CC(C)Nc1cncc(-c2ccc3[nH]nc(-c4cc5c(-c6ccc(F)s6)cncc5[nH]4)c3n2)c1. The van der Waals surface area contributed by atoms with Gasteiger partial charge in [0.2, 0.25) is 0 Å². The Morgan fingerprint density at radius 3 is 2.68 bits per heavy atom. The monoisotopic (exact) mass is 469 g/mol. The minimum atomic E-state index is -0.222. The predicted molar refractivity (Wildman–Crippen MR) is 134 cm³/mol. The minimum absolute atomic E-state index is 0.222. The van der Waals surface area contributed by atoms with Crippen LogP contribution in [0.3, 0.4) is 0 Å². The molecule has 0 unspecified atom stereocenters. The average molecular weight is 470 g/mol. The summed E-state index contributed by atoms with van der Waals surface area (Å²) in [6.45, 7) is 4.18. The van der Waals surface area contributed by atoms with Crippen LogP contribution in [0.4, 0.5) is 10.1 Å². The number of aromatic nitrogens is 6. The highest BCUT2D eigenvalue weighted by Gasteiger charge is 2.16. The lowest BCUT2D eigenvalue weighted by atomic mass is 10.1. The number of nitrogens with zero attached hydrogens (tertiary/aromatic N) is 4. The fraction of sp³-hybridized carbons (Fsp3) is 0.120. The number of anilines is 1. The molecule has 6 aromatic heterocycles. The van der Waals surface area contributed by atoms with Crippen LogP contribution in [-0.4, -0.2) is 36.2 Å². The van der Waals surface area contributed by atoms with Crippen molar-refractivity contribution in [3.63, 3.8) is 0 Å². The van der Waals surface area contributed by atoms with E-state index in [9.17, 15) is 4.39 Å². The second-order valence-electron chi connectivity index (χ2n) is 8.36. The van der Waals surface area contributed by atoms with Gasteiger partial charge in [-0.2, -0.15) is 9.49 Å². The van der Waals surface area contributed by atoms with Gasteiger partial charge in [-0.1, -0.05) is 0 Å². The first-order valence-corrected chi connectivity index (χ1v) is 11.7. The van der Waals surface area contributed by atoms with E-state index in [0.29, 0.717) is 11.7 Å². The van der Waals surface area contributed by atoms with Crippen LogP contribution in [-0.2, 0) is 0 Å². The van der Waals surface area contributed by atoms with Crippen molar-refractivity contribution in [2.45, 2.75) is 19.9 Å². The van der Waals surface area contributed by atoms with Crippen LogP contribution < -0.4 is 5.32 Å². The molecule has 9 heteroatoms. The number of H-pyrrole nitrogens is 2. The summed E-state index contributed by atoms with van der Waals surface area (Å²) in [6, 6.07) is 11.5. The van der Waals surface area contributed by atoms with Gasteiger partial charge >= 0.3 is 0 Å². The van der Waals surface area contributed by atoms with Crippen molar-refractivity contribution in [3.8, 4) is 33.1 Å². The summed E-state index contributed by atoms with van der Waals surface area (Å²) in [5.74, 6) is 0. The molecule has 0 radical (unpaired) electrons. The minimum Gasteiger partial charge on any atom is -0.382 e. The number of halogens is 1. The van der Waals surface area contributed by atoms with Crippen molar-refractivity contribution in [3.05, 3.63) is 66.3 Å². The van der Waals surface area contributed by atoms with Gasteiger partial charge in [0.1, 0.15) is 11.2 Å². The lowest BCUT2D eigenvalue weighted by Gasteiger charge is -2.10. The first-order valence-electron chi connectivity index (χ1n) is 10.8. The van der Waals surface area contributed by atoms with E-state index in [1.807, 2.05) is 24.3 Å². The van der Waals surface area contributed by atoms with Gasteiger partial charge in [-0.25, -0.2) is 4.98 Å². The van der Waals surface area contributed by atoms with E-state index < -0.39 is 0 Å². The molecule has 168 valence electrons. The maximum Gasteiger partial charge on any atom is 0.176 e. The molecule has 6 heterocycles. The Morgan fingerprint density at radius 2 is 1.85 bits per heavy atom. The lowest BCUT2D eigenvalue weighted by Crippen LogP contribution is -2.09. The van der Waals surface area contributed by atoms with Crippen molar-refractivity contribution in [1.82, 2.24) is 30.1 Å². The molecule has 0 amide bonds. The Kier molecular flexibility index (Phi) is 4.84. The third-order valence-electron chi connectivity index (χ3n) is 5.54. The third-order valence-corrected chi connectivity index (χ3v) is 6.44. The van der Waals surface area contributed by atoms with Crippen LogP contribution in [0.5, 0.6) is 0 Å². The summed E-state index contributed by atoms with van der Waals surface area (Å²) in [7, 11) is 0. The summed E-state index contributed by atoms with van der Waals surface area (Å²) in [6.07, 6.45) is 7.13. The molecule has 3 N–H and O–H groups in total. The molecule has 34 heavy (non-hydrogen) atoms. The first kappa shape index (κ1) is 20.5. The largest absolute Gasteiger partial charge is 0.382 e. The van der Waals surface area contributed by atoms with E-state index in [1.165, 1.54) is 6.07 Å². The summed E-state index contributed by atoms with van der Waals surface area (Å²) in [5.41, 5.74) is 7.51. The second kappa shape index (κ2) is 8.03. The van der Waals surface area contributed by atoms with Gasteiger partial charge in [-0.05, 0) is 50.2 Å². The number of thiophene rings is 1. The van der Waals surface area contributed by atoms with Gasteiger partial charge in [0.05, 0.1) is 34.3 Å². The van der Waals surface area contributed by atoms with Crippen molar-refractivity contribution in [2.24, 2.45) is 0 Å². The van der Waals surface area contributed by atoms with Crippen molar-refractivity contribution in [2.75, 3.05) is 5.32 Å². The summed E-state index contributed by atoms with van der Waals surface area (Å²) >= 11 is 1.10. The van der Waals surface area contributed by atoms with E-state index in [2.05, 4.69) is 44.3 Å². The fourth-order valence-electron chi connectivity index (χ4n) is 4.07. The Balaban J connectivity index is 1.45. The number of hydrogen-bond acceptors (Lipinski definition) is 6. The Bertz CT molecular complexity index is 1650. The highest BCUT2D eigenvalue weighted by Crippen LogP contribution is 2.36. The predicted octanol–water partition coefficient (Wildman–Crippen LogP) is 6.25. The van der Waals surface area contributed by atoms with Gasteiger partial charge in [0.25, 0.3) is 0 Å². The van der Waals surface area contributed by atoms with E-state index in [0.717, 1.165) is 66.4 Å². The molecular formula is C25H20FN7S. The standard InChI is InChI=1S/C25H20FN7S/c1-13(2)29-15-7-14(9-27-10-15)18-3-4-19-24(31-18)25(33-32-19)20-8-16-17(11-28-12-21(16)30-20)22-5-6-23(26)34-22/h3-13,29-30H,1-2H3,(H,32,33). The molecule has 0 aromatic carbocycles. The van der Waals surface area contributed by atoms with Crippen LogP contribution in [0.1, 0.15) is 13.8 Å². The van der Waals surface area contributed by atoms with E-state index in [-0.39, 0.29) is 5.13 Å². The number of hydrogen-bond donors (Lipinski definition) is 3. The molecule has 0 saturated carbocycles. The van der Waals surface area contributed by atoms with Gasteiger partial charge in [-0.15, -0.1) is 11.3 Å². The quantitative estimate of drug-likeness (QED) is 0.277. The number of aromatic amines is 2. The smallest absolute Gasteiger partial charge is 0.176 e. The maximum absolute atomic E-state index is 13.6. The van der Waals surface area contributed by atoms with Crippen LogP contribution >= 0.6 is 11.3 Å². The number of rotatable bonds is 5. The van der Waals surface area contributed by atoms with Crippen LogP contribution in [0.15, 0.2) is 61.2 Å². The molecule has 7 nitrogen and oxygen atoms in total. The fourth-order valence-corrected chi connectivity index (χ4v) is 4.83. The molecule has 6 aromatic rings. The molecule has 0 saturated heterocycles. The van der Waals surface area contributed by atoms with E-state index in [4.69, 9.17) is 4.98 Å². The van der Waals surface area contributed by atoms with Gasteiger partial charge in [-0.3, -0.25) is 15.1 Å². The van der Waals surface area contributed by atoms with Crippen molar-refractivity contribution in [1.29, 1.82) is 0 Å². The molecule has 0 spiro atoms.